The number of carbonyl (C=O) groups excluding carboxylic acids is 1. The summed E-state index contributed by atoms with van der Waals surface area (Å²) in [5.41, 5.74) is 3.64. The van der Waals surface area contributed by atoms with Crippen LogP contribution >= 0.6 is 0 Å². The van der Waals surface area contributed by atoms with Crippen molar-refractivity contribution in [2.75, 3.05) is 19.0 Å². The Labute approximate surface area is 257 Å². The Morgan fingerprint density at radius 2 is 1.43 bits per heavy atom. The maximum absolute atomic E-state index is 12.3. The lowest BCUT2D eigenvalue weighted by Crippen LogP contribution is -2.47. The van der Waals surface area contributed by atoms with E-state index in [-0.39, 0.29) is 32.1 Å². The van der Waals surface area contributed by atoms with Gasteiger partial charge in [-0.2, -0.15) is 0 Å². The molecule has 44 heavy (non-hydrogen) atoms. The van der Waals surface area contributed by atoms with Crippen LogP contribution in [0.25, 0.3) is 0 Å². The first-order valence-corrected chi connectivity index (χ1v) is 14.6. The summed E-state index contributed by atoms with van der Waals surface area (Å²) >= 11 is 0. The van der Waals surface area contributed by atoms with Gasteiger partial charge in [-0.05, 0) is 16.7 Å². The van der Waals surface area contributed by atoms with E-state index >= 15 is 0 Å². The number of aromatic nitrogens is 1. The summed E-state index contributed by atoms with van der Waals surface area (Å²) in [7, 11) is 1.50. The third-order valence-electron chi connectivity index (χ3n) is 7.35. The van der Waals surface area contributed by atoms with Gasteiger partial charge in [0.15, 0.2) is 0 Å². The van der Waals surface area contributed by atoms with Gasteiger partial charge in [-0.1, -0.05) is 91.0 Å². The van der Waals surface area contributed by atoms with Crippen LogP contribution in [0.2, 0.25) is 0 Å². The number of carbonyl (C=O) groups is 1. The van der Waals surface area contributed by atoms with E-state index < -0.39 is 24.1 Å². The van der Waals surface area contributed by atoms with E-state index in [2.05, 4.69) is 10.3 Å². The van der Waals surface area contributed by atoms with Crippen molar-refractivity contribution in [3.8, 4) is 5.75 Å². The fourth-order valence-electron chi connectivity index (χ4n) is 5.27. The first-order chi connectivity index (χ1) is 21.4. The molecule has 1 aliphatic heterocycles. The third-order valence-corrected chi connectivity index (χ3v) is 7.35. The molecule has 1 fully saturated rings. The summed E-state index contributed by atoms with van der Waals surface area (Å²) in [6.07, 6.45) is -0.867. The zero-order chi connectivity index (χ0) is 30.8. The summed E-state index contributed by atoms with van der Waals surface area (Å²) in [6.45, 7) is 2.40. The molecule has 0 radical (unpaired) electrons. The maximum Gasteiger partial charge on any atom is 0.221 e. The predicted octanol–water partition coefficient (Wildman–Crippen LogP) is 5.07. The highest BCUT2D eigenvalue weighted by Crippen LogP contribution is 2.39. The smallest absolute Gasteiger partial charge is 0.221 e. The number of pyridine rings is 1. The lowest BCUT2D eigenvalue weighted by molar-refractivity contribution is -0.243. The van der Waals surface area contributed by atoms with Crippen LogP contribution in [0.1, 0.15) is 29.3 Å². The van der Waals surface area contributed by atoms with Crippen molar-refractivity contribution in [3.63, 3.8) is 0 Å². The van der Waals surface area contributed by atoms with Gasteiger partial charge in [0.1, 0.15) is 29.7 Å². The Morgan fingerprint density at radius 3 is 2.00 bits per heavy atom. The fraction of sp³-hybridized carbons (Fsp3) is 0.314. The molecule has 4 aromatic rings. The number of ether oxygens (including phenoxy) is 5. The van der Waals surface area contributed by atoms with Gasteiger partial charge in [0.2, 0.25) is 11.7 Å². The Morgan fingerprint density at radius 1 is 0.864 bits per heavy atom. The molecule has 1 aliphatic rings. The molecule has 2 heterocycles. The quantitative estimate of drug-likeness (QED) is 0.207. The monoisotopic (exact) mass is 598 g/mol. The minimum Gasteiger partial charge on any atom is -0.494 e. The van der Waals surface area contributed by atoms with Gasteiger partial charge in [0.25, 0.3) is 0 Å². The molecule has 0 unspecified atom stereocenters. The molecule has 0 saturated carbocycles. The first-order valence-electron chi connectivity index (χ1n) is 14.6. The minimum atomic E-state index is -1.89. The van der Waals surface area contributed by atoms with E-state index in [1.165, 1.54) is 14.0 Å². The molecule has 0 bridgehead atoms. The molecule has 3 aromatic carbocycles. The molecule has 4 atom stereocenters. The molecule has 0 spiro atoms. The number of anilines is 1. The SMILES string of the molecule is COc1ccnc(C[C@]2(O)O[C@H](COCc3ccccc3)[C@@H](OCc3ccccc3)[C@H]2OCc2ccccc2)c1NC(C)=O. The summed E-state index contributed by atoms with van der Waals surface area (Å²) < 4.78 is 30.9. The average Bonchev–Trinajstić information content (AvgIpc) is 3.30. The molecule has 2 N–H and O–H groups in total. The van der Waals surface area contributed by atoms with E-state index in [1.807, 2.05) is 91.0 Å². The number of methoxy groups -OCH3 is 1. The zero-order valence-electron chi connectivity index (χ0n) is 24.9. The lowest BCUT2D eigenvalue weighted by Gasteiger charge is -2.31. The molecule has 230 valence electrons. The number of hydrogen-bond donors (Lipinski definition) is 2. The normalized spacial score (nSPS) is 21.2. The van der Waals surface area contributed by atoms with Gasteiger partial charge in [-0.15, -0.1) is 0 Å². The van der Waals surface area contributed by atoms with Crippen LogP contribution in [0, 0.1) is 0 Å². The molecule has 5 rings (SSSR count). The molecule has 1 saturated heterocycles. The van der Waals surface area contributed by atoms with Crippen molar-refractivity contribution in [2.24, 2.45) is 0 Å². The van der Waals surface area contributed by atoms with Crippen LogP contribution in [-0.2, 0) is 50.0 Å². The van der Waals surface area contributed by atoms with E-state index in [9.17, 15) is 9.90 Å². The van der Waals surface area contributed by atoms with Crippen molar-refractivity contribution in [2.45, 2.75) is 57.3 Å². The molecule has 1 amide bonds. The number of nitrogens with one attached hydrogen (secondary N) is 1. The number of benzene rings is 3. The number of nitrogens with zero attached hydrogens (tertiary/aromatic N) is 1. The van der Waals surface area contributed by atoms with Crippen molar-refractivity contribution >= 4 is 11.6 Å². The number of amides is 1. The van der Waals surface area contributed by atoms with Gasteiger partial charge in [0, 0.05) is 25.6 Å². The summed E-state index contributed by atoms with van der Waals surface area (Å²) in [4.78, 5) is 16.6. The Hall–Kier alpha value is -4.12. The molecular formula is C35H38N2O7. The predicted molar refractivity (Wildman–Crippen MR) is 165 cm³/mol. The second-order valence-corrected chi connectivity index (χ2v) is 10.7. The minimum absolute atomic E-state index is 0.111. The third kappa shape index (κ3) is 8.07. The maximum atomic E-state index is 12.3. The Kier molecular flexibility index (Phi) is 10.7. The van der Waals surface area contributed by atoms with Crippen molar-refractivity contribution in [1.82, 2.24) is 4.98 Å². The Balaban J connectivity index is 1.46. The van der Waals surface area contributed by atoms with Crippen LogP contribution in [0.5, 0.6) is 5.75 Å². The second kappa shape index (κ2) is 15.1. The highest BCUT2D eigenvalue weighted by atomic mass is 16.7. The highest BCUT2D eigenvalue weighted by Gasteiger charge is 2.56. The van der Waals surface area contributed by atoms with E-state index in [0.29, 0.717) is 23.7 Å². The van der Waals surface area contributed by atoms with Crippen LogP contribution in [0.3, 0.4) is 0 Å². The molecule has 9 heteroatoms. The van der Waals surface area contributed by atoms with E-state index in [0.717, 1.165) is 16.7 Å². The number of hydrogen-bond acceptors (Lipinski definition) is 8. The van der Waals surface area contributed by atoms with Crippen LogP contribution in [-0.4, -0.2) is 53.8 Å². The molecule has 0 aliphatic carbocycles. The van der Waals surface area contributed by atoms with Crippen molar-refractivity contribution in [1.29, 1.82) is 0 Å². The van der Waals surface area contributed by atoms with Crippen molar-refractivity contribution in [3.05, 3.63) is 126 Å². The van der Waals surface area contributed by atoms with Gasteiger partial charge in [0.05, 0.1) is 39.2 Å². The summed E-state index contributed by atoms with van der Waals surface area (Å²) in [5.74, 6) is -1.78. The molecular weight excluding hydrogens is 560 g/mol. The lowest BCUT2D eigenvalue weighted by atomic mass is 9.98. The first kappa shape index (κ1) is 31.3. The number of aliphatic hydroxyl groups is 1. The standard InChI is InChI=1S/C35H38N2O7/c1-25(38)37-32-29(36-19-18-30(32)40-2)20-35(39)34(43-23-28-16-10-5-11-17-28)33(42-22-27-14-8-4-9-15-27)31(44-35)24-41-21-26-12-6-3-7-13-26/h3-19,31,33-34,39H,20-24H2,1-2H3,(H,37,38)/t31-,33-,34-,35+/m1/s1. The van der Waals surface area contributed by atoms with Crippen LogP contribution in [0.4, 0.5) is 5.69 Å². The van der Waals surface area contributed by atoms with Gasteiger partial charge in [-0.25, -0.2) is 0 Å². The molecule has 1 aromatic heterocycles. The highest BCUT2D eigenvalue weighted by molar-refractivity contribution is 5.91. The van der Waals surface area contributed by atoms with Gasteiger partial charge in [-0.3, -0.25) is 9.78 Å². The second-order valence-electron chi connectivity index (χ2n) is 10.7. The summed E-state index contributed by atoms with van der Waals surface area (Å²) in [6, 6.07) is 31.0. The van der Waals surface area contributed by atoms with Gasteiger partial charge >= 0.3 is 0 Å². The van der Waals surface area contributed by atoms with E-state index in [1.54, 1.807) is 12.3 Å². The fourth-order valence-corrected chi connectivity index (χ4v) is 5.27. The zero-order valence-corrected chi connectivity index (χ0v) is 24.9. The average molecular weight is 599 g/mol. The van der Waals surface area contributed by atoms with Crippen LogP contribution in [0.15, 0.2) is 103 Å². The van der Waals surface area contributed by atoms with E-state index in [4.69, 9.17) is 23.7 Å². The van der Waals surface area contributed by atoms with Gasteiger partial charge < -0.3 is 34.1 Å². The topological polar surface area (TPSA) is 108 Å². The Bertz CT molecular complexity index is 1470. The molecule has 9 nitrogen and oxygen atoms in total. The number of rotatable bonds is 14. The summed E-state index contributed by atoms with van der Waals surface area (Å²) in [5, 5.41) is 15.1. The largest absolute Gasteiger partial charge is 0.494 e. The van der Waals surface area contributed by atoms with Crippen molar-refractivity contribution < 1.29 is 33.6 Å². The van der Waals surface area contributed by atoms with Crippen LogP contribution < -0.4 is 10.1 Å².